The van der Waals surface area contributed by atoms with Gasteiger partial charge in [0.15, 0.2) is 5.78 Å². The van der Waals surface area contributed by atoms with Crippen LogP contribution in [0.4, 0.5) is 0 Å². The number of aromatic nitrogens is 8. The van der Waals surface area contributed by atoms with Gasteiger partial charge < -0.3 is 0 Å². The Morgan fingerprint density at radius 2 is 0.392 bits per heavy atom. The number of carbonyl (C=O) groups excluding carboxylic acids is 1. The highest BCUT2D eigenvalue weighted by Crippen LogP contribution is 2.70. The van der Waals surface area contributed by atoms with Crippen molar-refractivity contribution in [1.29, 1.82) is 0 Å². The standard InChI is InChI=1S/C57H32N8OS8/c66-45-43(56-71-50(37-13-5-21-62-29-37)51(72-56)38-14-6-22-63-30-38)41(54-67-46(33-9-1-17-58-25-33)47(68-54)34-10-2-18-59-26-34)42(55-69-48(35-11-3-19-60-27-35)49(70-55)36-12-4-20-61-28-36)44(45)57-73-52(39-15-7-23-64-31-39)53(74-57)40-16-8-24-65-32-40/h1-32H. The average Bonchev–Trinajstić information content (AvgIpc) is 4.34. The van der Waals surface area contributed by atoms with Crippen molar-refractivity contribution >= 4 is 139 Å². The van der Waals surface area contributed by atoms with Gasteiger partial charge in [-0.05, 0) is 48.5 Å². The van der Waals surface area contributed by atoms with Gasteiger partial charge >= 0.3 is 0 Å². The summed E-state index contributed by atoms with van der Waals surface area (Å²) in [6, 6.07) is 32.4. The van der Waals surface area contributed by atoms with E-state index in [4.69, 9.17) is 0 Å². The van der Waals surface area contributed by atoms with E-state index in [-0.39, 0.29) is 5.78 Å². The van der Waals surface area contributed by atoms with Gasteiger partial charge in [-0.25, -0.2) is 0 Å². The van der Waals surface area contributed by atoms with Crippen molar-refractivity contribution in [3.05, 3.63) is 280 Å². The number of ketones is 1. The molecule has 1 aliphatic carbocycles. The van der Waals surface area contributed by atoms with Crippen LogP contribution in [0.2, 0.25) is 0 Å². The Balaban J connectivity index is 1.10. The molecule has 0 saturated heterocycles. The molecule has 0 spiro atoms. The lowest BCUT2D eigenvalue weighted by Gasteiger charge is -2.13. The topological polar surface area (TPSA) is 120 Å². The Labute approximate surface area is 459 Å². The SMILES string of the molecule is O=C1C(=C2SC(c3cccnc3)=C(c3cccnc3)S2)C(=C2SC(c3cccnc3)=C(c3cccnc3)S2)C(=C2SC(c3cccnc3)=C(c3cccnc3)S2)C1=C1SC(c2cccnc2)=C(c2cccnc2)S1. The zero-order valence-corrected chi connectivity index (χ0v) is 44.8. The lowest BCUT2D eigenvalue weighted by atomic mass is 10.1. The molecule has 13 rings (SSSR count). The van der Waals surface area contributed by atoms with Gasteiger partial charge in [-0.3, -0.25) is 44.7 Å². The average molecular weight is 1100 g/mol. The third-order valence-corrected chi connectivity index (χ3v) is 22.6. The molecule has 9 nitrogen and oxygen atoms in total. The van der Waals surface area contributed by atoms with Crippen LogP contribution < -0.4 is 0 Å². The molecular weight excluding hydrogens is 1070 g/mol. The minimum absolute atomic E-state index is 0.0474. The monoisotopic (exact) mass is 1100 g/mol. The molecule has 5 aliphatic rings. The zero-order chi connectivity index (χ0) is 49.4. The van der Waals surface area contributed by atoms with Gasteiger partial charge in [0.25, 0.3) is 0 Å². The highest BCUT2D eigenvalue weighted by Gasteiger charge is 2.47. The van der Waals surface area contributed by atoms with E-state index in [1.54, 1.807) is 144 Å². The first kappa shape index (κ1) is 47.3. The summed E-state index contributed by atoms with van der Waals surface area (Å²) < 4.78 is 3.72. The number of rotatable bonds is 8. The summed E-state index contributed by atoms with van der Waals surface area (Å²) >= 11 is 13.2. The third-order valence-electron chi connectivity index (χ3n) is 11.8. The lowest BCUT2D eigenvalue weighted by molar-refractivity contribution is -0.111. The van der Waals surface area contributed by atoms with E-state index in [0.717, 1.165) is 112 Å². The first-order valence-electron chi connectivity index (χ1n) is 22.8. The molecule has 0 N–H and O–H groups in total. The molecule has 1 fully saturated rings. The molecule has 0 aromatic carbocycles. The molecule has 0 bridgehead atoms. The Hall–Kier alpha value is -6.41. The fourth-order valence-corrected chi connectivity index (χ4v) is 19.7. The van der Waals surface area contributed by atoms with Crippen LogP contribution in [0.3, 0.4) is 0 Å². The van der Waals surface area contributed by atoms with Crippen LogP contribution in [0.25, 0.3) is 39.2 Å². The van der Waals surface area contributed by atoms with Crippen LogP contribution in [0.5, 0.6) is 0 Å². The van der Waals surface area contributed by atoms with E-state index in [9.17, 15) is 0 Å². The maximum absolute atomic E-state index is 16.8. The molecular formula is C57H32N8OS8. The number of hydrogen-bond donors (Lipinski definition) is 0. The van der Waals surface area contributed by atoms with Crippen LogP contribution >= 0.6 is 94.1 Å². The number of carbonyl (C=O) groups is 1. The molecule has 8 aromatic heterocycles. The van der Waals surface area contributed by atoms with Crippen molar-refractivity contribution < 1.29 is 4.79 Å². The van der Waals surface area contributed by atoms with E-state index < -0.39 is 0 Å². The fraction of sp³-hybridized carbons (Fsp3) is 0. The second kappa shape index (κ2) is 21.1. The maximum Gasteiger partial charge on any atom is 0.197 e. The van der Waals surface area contributed by atoms with Crippen LogP contribution in [-0.4, -0.2) is 45.7 Å². The van der Waals surface area contributed by atoms with Crippen molar-refractivity contribution in [3.8, 4) is 0 Å². The van der Waals surface area contributed by atoms with Crippen LogP contribution in [0, 0.1) is 0 Å². The van der Waals surface area contributed by atoms with Gasteiger partial charge in [0.2, 0.25) is 0 Å². The number of thioether (sulfide) groups is 8. The van der Waals surface area contributed by atoms with Crippen molar-refractivity contribution in [1.82, 2.24) is 39.9 Å². The zero-order valence-electron chi connectivity index (χ0n) is 38.2. The molecule has 17 heteroatoms. The van der Waals surface area contributed by atoms with E-state index in [2.05, 4.69) is 88.4 Å². The minimum atomic E-state index is -0.0474. The first-order valence-corrected chi connectivity index (χ1v) is 29.3. The van der Waals surface area contributed by atoms with Crippen molar-refractivity contribution in [3.63, 3.8) is 0 Å². The van der Waals surface area contributed by atoms with Crippen molar-refractivity contribution in [2.24, 2.45) is 0 Å². The number of nitrogens with zero attached hydrogens (tertiary/aromatic N) is 8. The maximum atomic E-state index is 16.8. The Kier molecular flexibility index (Phi) is 13.5. The smallest absolute Gasteiger partial charge is 0.197 e. The van der Waals surface area contributed by atoms with Gasteiger partial charge in [-0.2, -0.15) is 0 Å². The summed E-state index contributed by atoms with van der Waals surface area (Å²) in [5, 5.41) is 0. The third kappa shape index (κ3) is 9.08. The van der Waals surface area contributed by atoms with Gasteiger partial charge in [0.1, 0.15) is 0 Å². The predicted octanol–water partition coefficient (Wildman–Crippen LogP) is 15.6. The van der Waals surface area contributed by atoms with Crippen LogP contribution in [0.1, 0.15) is 44.5 Å². The highest BCUT2D eigenvalue weighted by molar-refractivity contribution is 8.36. The van der Waals surface area contributed by atoms with Gasteiger partial charge in [0, 0.05) is 194 Å². The Morgan fingerprint density at radius 3 is 0.541 bits per heavy atom. The van der Waals surface area contributed by atoms with Crippen molar-refractivity contribution in [2.45, 2.75) is 0 Å². The molecule has 0 atom stereocenters. The van der Waals surface area contributed by atoms with Gasteiger partial charge in [-0.1, -0.05) is 143 Å². The van der Waals surface area contributed by atoms with Gasteiger partial charge in [0.05, 0.1) is 28.1 Å². The summed E-state index contributed by atoms with van der Waals surface area (Å²) in [6.07, 6.45) is 29.6. The fourth-order valence-electron chi connectivity index (χ4n) is 8.50. The summed E-state index contributed by atoms with van der Waals surface area (Å²) in [5.41, 5.74) is 10.8. The summed E-state index contributed by atoms with van der Waals surface area (Å²) in [4.78, 5) is 61.6. The van der Waals surface area contributed by atoms with E-state index in [1.165, 1.54) is 0 Å². The quantitative estimate of drug-likeness (QED) is 0.134. The molecule has 4 aliphatic heterocycles. The van der Waals surface area contributed by atoms with Crippen molar-refractivity contribution in [2.75, 3.05) is 0 Å². The number of allylic oxidation sites excluding steroid dienone is 4. The highest BCUT2D eigenvalue weighted by atomic mass is 32.2. The molecule has 0 unspecified atom stereocenters. The molecule has 12 heterocycles. The largest absolute Gasteiger partial charge is 0.288 e. The van der Waals surface area contributed by atoms with Gasteiger partial charge in [-0.15, -0.1) is 0 Å². The molecule has 1 saturated carbocycles. The molecule has 8 aromatic rings. The van der Waals surface area contributed by atoms with Crippen LogP contribution in [0.15, 0.2) is 235 Å². The van der Waals surface area contributed by atoms with Crippen LogP contribution in [-0.2, 0) is 4.79 Å². The minimum Gasteiger partial charge on any atom is -0.288 e. The molecule has 354 valence electrons. The van der Waals surface area contributed by atoms with E-state index >= 15 is 4.79 Å². The van der Waals surface area contributed by atoms with E-state index in [0.29, 0.717) is 11.1 Å². The summed E-state index contributed by atoms with van der Waals surface area (Å²) in [5.74, 6) is -0.0474. The predicted molar refractivity (Wildman–Crippen MR) is 315 cm³/mol. The number of hydrogen-bond acceptors (Lipinski definition) is 17. The van der Waals surface area contributed by atoms with E-state index in [1.807, 2.05) is 98.1 Å². The Morgan fingerprint density at radius 1 is 0.230 bits per heavy atom. The second-order valence-corrected chi connectivity index (χ2v) is 25.6. The molecule has 0 radical (unpaired) electrons. The molecule has 74 heavy (non-hydrogen) atoms. The number of Topliss-reactive ketones (excluding diaryl/α,β-unsaturated/α-hetero) is 1. The Bertz CT molecular complexity index is 3340. The summed E-state index contributed by atoms with van der Waals surface area (Å²) in [7, 11) is 0. The first-order chi connectivity index (χ1) is 36.6. The normalized spacial score (nSPS) is 17.2. The second-order valence-electron chi connectivity index (χ2n) is 16.4. The lowest BCUT2D eigenvalue weighted by Crippen LogP contribution is -1.99. The summed E-state index contributed by atoms with van der Waals surface area (Å²) in [6.45, 7) is 0. The number of pyridine rings is 8. The molecule has 0 amide bonds.